The van der Waals surface area contributed by atoms with Gasteiger partial charge in [-0.1, -0.05) is 13.8 Å². The number of rotatable bonds is 6. The largest absolute Gasteiger partial charge is 0.444 e. The summed E-state index contributed by atoms with van der Waals surface area (Å²) in [6, 6.07) is 2.17. The lowest BCUT2D eigenvalue weighted by molar-refractivity contribution is 0.00788. The lowest BCUT2D eigenvalue weighted by Gasteiger charge is -2.40. The van der Waals surface area contributed by atoms with E-state index in [9.17, 15) is 9.59 Å². The summed E-state index contributed by atoms with van der Waals surface area (Å²) in [5, 5.41) is 8.34. The molecular weight excluding hydrogens is 548 g/mol. The molecule has 3 fully saturated rings. The van der Waals surface area contributed by atoms with Gasteiger partial charge in [-0.15, -0.1) is 0 Å². The molecule has 2 bridgehead atoms. The Labute approximate surface area is 255 Å². The molecule has 5 rings (SSSR count). The third-order valence-electron chi connectivity index (χ3n) is 8.64. The van der Waals surface area contributed by atoms with Crippen LogP contribution in [0.5, 0.6) is 0 Å². The number of ether oxygens (including phenoxy) is 3. The summed E-state index contributed by atoms with van der Waals surface area (Å²) in [7, 11) is 0. The first-order valence-corrected chi connectivity index (χ1v) is 15.9. The Morgan fingerprint density at radius 2 is 1.65 bits per heavy atom. The van der Waals surface area contributed by atoms with Crippen molar-refractivity contribution in [2.75, 3.05) is 43.1 Å². The van der Waals surface area contributed by atoms with Gasteiger partial charge < -0.3 is 24.4 Å². The van der Waals surface area contributed by atoms with Crippen molar-refractivity contribution in [2.45, 2.75) is 104 Å². The Morgan fingerprint density at radius 3 is 2.23 bits per heavy atom. The molecule has 1 N–H and O–H groups in total. The number of carbonyl (C=O) groups is 2. The minimum atomic E-state index is -0.670. The van der Waals surface area contributed by atoms with Gasteiger partial charge in [-0.25, -0.2) is 14.6 Å². The van der Waals surface area contributed by atoms with E-state index in [2.05, 4.69) is 19.2 Å². The summed E-state index contributed by atoms with van der Waals surface area (Å²) in [6.07, 6.45) is 5.00. The number of anilines is 2. The summed E-state index contributed by atoms with van der Waals surface area (Å²) in [4.78, 5) is 35.5. The molecule has 0 spiro atoms. The molecule has 1 aliphatic carbocycles. The van der Waals surface area contributed by atoms with Gasteiger partial charge in [0, 0.05) is 50.5 Å². The van der Waals surface area contributed by atoms with Crippen LogP contribution in [0.1, 0.15) is 92.6 Å². The van der Waals surface area contributed by atoms with Crippen LogP contribution in [0.2, 0.25) is 0 Å². The Balaban J connectivity index is 1.49. The number of likely N-dealkylation sites (tertiary alicyclic amines) is 1. The molecule has 2 atom stereocenters. The van der Waals surface area contributed by atoms with Crippen LogP contribution in [-0.4, -0.2) is 81.8 Å². The van der Waals surface area contributed by atoms with Gasteiger partial charge in [-0.3, -0.25) is 4.90 Å². The van der Waals surface area contributed by atoms with Crippen molar-refractivity contribution in [3.8, 4) is 0 Å². The van der Waals surface area contributed by atoms with E-state index < -0.39 is 17.3 Å². The number of fused-ring (bicyclic) bond motifs is 3. The van der Waals surface area contributed by atoms with E-state index >= 15 is 0 Å². The van der Waals surface area contributed by atoms with Crippen molar-refractivity contribution >= 4 is 29.5 Å². The number of nitrogens with zero attached hydrogens (tertiary/aromatic N) is 5. The van der Waals surface area contributed by atoms with Crippen LogP contribution in [0.3, 0.4) is 0 Å². The molecule has 2 aromatic heterocycles. The molecule has 2 aromatic rings. The predicted octanol–water partition coefficient (Wildman–Crippen LogP) is 6.08. The fraction of sp³-hybridized carbons (Fsp3) is 0.750. The van der Waals surface area contributed by atoms with Crippen LogP contribution < -0.4 is 10.2 Å². The number of hydrogen-bond acceptors (Lipinski definition) is 8. The van der Waals surface area contributed by atoms with Gasteiger partial charge in [0.2, 0.25) is 0 Å². The lowest BCUT2D eigenvalue weighted by atomic mass is 9.84. The summed E-state index contributed by atoms with van der Waals surface area (Å²) < 4.78 is 19.0. The number of aromatic nitrogens is 3. The number of nitrogens with one attached hydrogen (secondary N) is 1. The maximum Gasteiger partial charge on any atom is 0.416 e. The van der Waals surface area contributed by atoms with Crippen molar-refractivity contribution < 1.29 is 23.8 Å². The summed E-state index contributed by atoms with van der Waals surface area (Å²) in [5.74, 6) is 2.29. The fourth-order valence-electron chi connectivity index (χ4n) is 6.59. The highest BCUT2D eigenvalue weighted by Crippen LogP contribution is 2.43. The molecule has 2 unspecified atom stereocenters. The third-order valence-corrected chi connectivity index (χ3v) is 8.64. The van der Waals surface area contributed by atoms with Gasteiger partial charge >= 0.3 is 12.2 Å². The van der Waals surface area contributed by atoms with Crippen LogP contribution in [0.25, 0.3) is 5.65 Å². The SMILES string of the molecule is CC(C)c1cnn2c(N(CC3C4CCC3CN(C(=O)OC(C)(C)C)C4)C(=O)OC(C)(C)C)cc(NC3CCOCC3)nc12. The number of hydrogen-bond donors (Lipinski definition) is 1. The van der Waals surface area contributed by atoms with Crippen LogP contribution in [0.4, 0.5) is 21.2 Å². The second-order valence-electron chi connectivity index (χ2n) is 14.8. The monoisotopic (exact) mass is 598 g/mol. The van der Waals surface area contributed by atoms with E-state index in [1.807, 2.05) is 58.7 Å². The van der Waals surface area contributed by atoms with Crippen LogP contribution in [0.15, 0.2) is 12.3 Å². The molecule has 2 aliphatic heterocycles. The lowest BCUT2D eigenvalue weighted by Crippen LogP contribution is -2.51. The Morgan fingerprint density at radius 1 is 1.02 bits per heavy atom. The van der Waals surface area contributed by atoms with E-state index in [0.29, 0.717) is 44.5 Å². The maximum atomic E-state index is 14.0. The van der Waals surface area contributed by atoms with Gasteiger partial charge in [0.05, 0.1) is 6.20 Å². The van der Waals surface area contributed by atoms with Gasteiger partial charge in [0.15, 0.2) is 5.65 Å². The summed E-state index contributed by atoms with van der Waals surface area (Å²) in [6.45, 7) is 18.7. The second kappa shape index (κ2) is 12.1. The van der Waals surface area contributed by atoms with Crippen molar-refractivity contribution in [3.63, 3.8) is 0 Å². The van der Waals surface area contributed by atoms with Crippen LogP contribution >= 0.6 is 0 Å². The van der Waals surface area contributed by atoms with E-state index in [1.165, 1.54) is 0 Å². The molecule has 0 aromatic carbocycles. The van der Waals surface area contributed by atoms with E-state index in [1.54, 1.807) is 9.42 Å². The van der Waals surface area contributed by atoms with E-state index in [4.69, 9.17) is 24.3 Å². The van der Waals surface area contributed by atoms with Crippen molar-refractivity contribution in [1.82, 2.24) is 19.5 Å². The van der Waals surface area contributed by atoms with Crippen molar-refractivity contribution in [3.05, 3.63) is 17.8 Å². The topological polar surface area (TPSA) is 111 Å². The minimum Gasteiger partial charge on any atom is -0.444 e. The zero-order chi connectivity index (χ0) is 31.1. The molecule has 2 amide bonds. The maximum absolute atomic E-state index is 14.0. The first-order valence-electron chi connectivity index (χ1n) is 15.9. The number of amides is 2. The molecule has 238 valence electrons. The average Bonchev–Trinajstić information content (AvgIpc) is 3.42. The molecule has 0 radical (unpaired) electrons. The average molecular weight is 599 g/mol. The predicted molar refractivity (Wildman–Crippen MR) is 166 cm³/mol. The minimum absolute atomic E-state index is 0.208. The zero-order valence-corrected chi connectivity index (χ0v) is 27.2. The molecule has 3 aliphatic rings. The molecule has 1 saturated carbocycles. The van der Waals surface area contributed by atoms with Crippen LogP contribution in [0, 0.1) is 17.8 Å². The van der Waals surface area contributed by atoms with E-state index in [-0.39, 0.29) is 35.8 Å². The van der Waals surface area contributed by atoms with Gasteiger partial charge in [0.25, 0.3) is 0 Å². The third kappa shape index (κ3) is 7.36. The normalized spacial score (nSPS) is 23.1. The molecule has 11 heteroatoms. The van der Waals surface area contributed by atoms with Gasteiger partial charge in [0.1, 0.15) is 22.8 Å². The number of carbonyl (C=O) groups excluding carboxylic acids is 2. The highest BCUT2D eigenvalue weighted by molar-refractivity contribution is 5.88. The number of piperidine rings is 1. The molecule has 11 nitrogen and oxygen atoms in total. The Kier molecular flexibility index (Phi) is 8.84. The molecule has 4 heterocycles. The summed E-state index contributed by atoms with van der Waals surface area (Å²) >= 11 is 0. The first-order chi connectivity index (χ1) is 20.2. The first kappa shape index (κ1) is 31.3. The van der Waals surface area contributed by atoms with Crippen LogP contribution in [-0.2, 0) is 14.2 Å². The Bertz CT molecular complexity index is 1290. The smallest absolute Gasteiger partial charge is 0.416 e. The zero-order valence-electron chi connectivity index (χ0n) is 27.2. The van der Waals surface area contributed by atoms with Gasteiger partial charge in [-0.2, -0.15) is 9.61 Å². The highest BCUT2D eigenvalue weighted by atomic mass is 16.6. The highest BCUT2D eigenvalue weighted by Gasteiger charge is 2.46. The quantitative estimate of drug-likeness (QED) is 0.426. The molecular formula is C32H50N6O5. The molecule has 43 heavy (non-hydrogen) atoms. The summed E-state index contributed by atoms with van der Waals surface area (Å²) in [5.41, 5.74) is 0.546. The van der Waals surface area contributed by atoms with E-state index in [0.717, 1.165) is 36.9 Å². The fourth-order valence-corrected chi connectivity index (χ4v) is 6.59. The second-order valence-corrected chi connectivity index (χ2v) is 14.8. The van der Waals surface area contributed by atoms with Crippen molar-refractivity contribution in [1.29, 1.82) is 0 Å². The Hall–Kier alpha value is -3.08. The van der Waals surface area contributed by atoms with Crippen molar-refractivity contribution in [2.24, 2.45) is 17.8 Å². The molecule has 2 saturated heterocycles. The van der Waals surface area contributed by atoms with Gasteiger partial charge in [-0.05, 0) is 90.9 Å². The standard InChI is InChI=1S/C32H50N6O5/c1-20(2)24-16-33-38-27(15-26(35-28(24)38)34-23-11-13-41-14-12-23)37(30(40)43-32(6,7)8)19-25-21-9-10-22(25)18-36(17-21)29(39)42-31(3,4)5/h15-16,20-23,25H,9-14,17-19H2,1-8H3,(H,34,35).